The van der Waals surface area contributed by atoms with E-state index in [9.17, 15) is 19.8 Å². The van der Waals surface area contributed by atoms with Crippen LogP contribution in [0.2, 0.25) is 10.0 Å². The van der Waals surface area contributed by atoms with Gasteiger partial charge in [-0.2, -0.15) is 0 Å². The van der Waals surface area contributed by atoms with Crippen molar-refractivity contribution in [3.05, 3.63) is 33.8 Å². The summed E-state index contributed by atoms with van der Waals surface area (Å²) >= 11 is 12.2. The second-order valence-electron chi connectivity index (χ2n) is 5.80. The molecule has 1 aliphatic heterocycles. The van der Waals surface area contributed by atoms with Gasteiger partial charge >= 0.3 is 11.9 Å². The highest BCUT2D eigenvalue weighted by atomic mass is 35.5. The number of rotatable bonds is 4. The van der Waals surface area contributed by atoms with Crippen LogP contribution in [0.3, 0.4) is 0 Å². The summed E-state index contributed by atoms with van der Waals surface area (Å²) in [7, 11) is 0. The van der Waals surface area contributed by atoms with Gasteiger partial charge in [0, 0.05) is 35.2 Å². The average Bonchev–Trinajstić information content (AvgIpc) is 2.94. The molecule has 3 rings (SSSR count). The van der Waals surface area contributed by atoms with E-state index in [1.165, 1.54) is 0 Å². The van der Waals surface area contributed by atoms with Gasteiger partial charge in [-0.15, -0.1) is 0 Å². The van der Waals surface area contributed by atoms with Gasteiger partial charge in [0.2, 0.25) is 0 Å². The minimum atomic E-state index is -1.17. The van der Waals surface area contributed by atoms with Gasteiger partial charge in [0.1, 0.15) is 0 Å². The lowest BCUT2D eigenvalue weighted by molar-refractivity contribution is -0.151. The van der Waals surface area contributed by atoms with Crippen LogP contribution in [0, 0.1) is 10.8 Å². The van der Waals surface area contributed by atoms with Crippen molar-refractivity contribution in [1.29, 1.82) is 0 Å². The summed E-state index contributed by atoms with van der Waals surface area (Å²) in [5.74, 6) is -2.09. The summed E-state index contributed by atoms with van der Waals surface area (Å²) in [6.45, 7) is 0.759. The molecule has 1 heterocycles. The first-order valence-corrected chi connectivity index (χ1v) is 7.20. The predicted molar refractivity (Wildman–Crippen MR) is 76.5 cm³/mol. The van der Waals surface area contributed by atoms with Crippen molar-refractivity contribution in [1.82, 2.24) is 4.90 Å². The molecule has 1 saturated heterocycles. The second kappa shape index (κ2) is 4.60. The Morgan fingerprint density at radius 1 is 1.10 bits per heavy atom. The molecule has 1 aromatic carbocycles. The Labute approximate surface area is 131 Å². The van der Waals surface area contributed by atoms with E-state index in [4.69, 9.17) is 23.2 Å². The van der Waals surface area contributed by atoms with E-state index < -0.39 is 22.8 Å². The van der Waals surface area contributed by atoms with Crippen LogP contribution in [0.4, 0.5) is 0 Å². The van der Waals surface area contributed by atoms with Crippen LogP contribution in [-0.4, -0.2) is 40.1 Å². The molecule has 112 valence electrons. The van der Waals surface area contributed by atoms with E-state index in [0.717, 1.165) is 0 Å². The molecule has 2 N–H and O–H groups in total. The van der Waals surface area contributed by atoms with Crippen molar-refractivity contribution in [2.75, 3.05) is 13.1 Å². The Morgan fingerprint density at radius 3 is 2.00 bits per heavy atom. The molecule has 21 heavy (non-hydrogen) atoms. The Kier molecular flexibility index (Phi) is 3.20. The zero-order valence-electron chi connectivity index (χ0n) is 11.0. The van der Waals surface area contributed by atoms with Crippen molar-refractivity contribution in [3.63, 3.8) is 0 Å². The highest BCUT2D eigenvalue weighted by Gasteiger charge is 2.80. The molecule has 2 atom stereocenters. The number of hydrogen-bond donors (Lipinski definition) is 2. The van der Waals surface area contributed by atoms with Crippen LogP contribution in [0.25, 0.3) is 0 Å². The maximum absolute atomic E-state index is 11.5. The summed E-state index contributed by atoms with van der Waals surface area (Å²) < 4.78 is 0. The van der Waals surface area contributed by atoms with E-state index in [2.05, 4.69) is 0 Å². The molecule has 0 unspecified atom stereocenters. The molecular weight excluding hydrogens is 317 g/mol. The summed E-state index contributed by atoms with van der Waals surface area (Å²) in [5, 5.41) is 19.8. The minimum absolute atomic E-state index is 0.192. The highest BCUT2D eigenvalue weighted by Crippen LogP contribution is 2.68. The van der Waals surface area contributed by atoms with E-state index in [0.29, 0.717) is 22.2 Å². The summed E-state index contributed by atoms with van der Waals surface area (Å²) in [6.07, 6.45) is 0.192. The number of carboxylic acid groups (broad SMARTS) is 2. The number of carboxylic acids is 2. The van der Waals surface area contributed by atoms with Crippen LogP contribution < -0.4 is 0 Å². The molecular formula is C14H13Cl2NO4. The third-order valence-electron chi connectivity index (χ3n) is 4.64. The minimum Gasteiger partial charge on any atom is -0.481 e. The number of fused-ring (bicyclic) bond motifs is 1. The standard InChI is InChI=1S/C14H13Cl2NO4/c15-9-2-1-3-10(16)8(9)4-17-6-13(11(18)19)5-14(13,7-17)12(20)21/h1-3H,4-7H2,(H,18,19)(H,20,21)/t13-,14+. The maximum Gasteiger partial charge on any atom is 0.312 e. The molecule has 5 nitrogen and oxygen atoms in total. The molecule has 0 amide bonds. The Balaban J connectivity index is 1.85. The Morgan fingerprint density at radius 2 is 1.57 bits per heavy atom. The summed E-state index contributed by atoms with van der Waals surface area (Å²) in [6, 6.07) is 5.14. The van der Waals surface area contributed by atoms with Gasteiger partial charge in [0.25, 0.3) is 0 Å². The molecule has 0 spiro atoms. The van der Waals surface area contributed by atoms with Gasteiger partial charge in [-0.1, -0.05) is 29.3 Å². The van der Waals surface area contributed by atoms with Crippen molar-refractivity contribution in [2.24, 2.45) is 10.8 Å². The van der Waals surface area contributed by atoms with E-state index in [-0.39, 0.29) is 19.5 Å². The molecule has 0 radical (unpaired) electrons. The molecule has 2 aliphatic rings. The molecule has 2 fully saturated rings. The van der Waals surface area contributed by atoms with Crippen LogP contribution in [-0.2, 0) is 16.1 Å². The van der Waals surface area contributed by atoms with Crippen LogP contribution >= 0.6 is 23.2 Å². The fourth-order valence-electron chi connectivity index (χ4n) is 3.42. The van der Waals surface area contributed by atoms with Gasteiger partial charge in [-0.25, -0.2) is 0 Å². The first-order valence-electron chi connectivity index (χ1n) is 6.44. The lowest BCUT2D eigenvalue weighted by Crippen LogP contribution is -2.28. The second-order valence-corrected chi connectivity index (χ2v) is 6.61. The van der Waals surface area contributed by atoms with Crippen molar-refractivity contribution in [3.8, 4) is 0 Å². The van der Waals surface area contributed by atoms with Crippen molar-refractivity contribution >= 4 is 35.1 Å². The normalized spacial score (nSPS) is 31.0. The fourth-order valence-corrected chi connectivity index (χ4v) is 3.94. The number of nitrogens with zero attached hydrogens (tertiary/aromatic N) is 1. The molecule has 1 aromatic rings. The summed E-state index contributed by atoms with van der Waals surface area (Å²) in [5.41, 5.74) is -1.65. The fraction of sp³-hybridized carbons (Fsp3) is 0.429. The van der Waals surface area contributed by atoms with Gasteiger partial charge in [0.15, 0.2) is 0 Å². The quantitative estimate of drug-likeness (QED) is 0.886. The number of carbonyl (C=O) groups is 2. The van der Waals surface area contributed by atoms with E-state index in [1.807, 2.05) is 0 Å². The maximum atomic E-state index is 11.5. The zero-order valence-corrected chi connectivity index (χ0v) is 12.5. The van der Waals surface area contributed by atoms with E-state index in [1.54, 1.807) is 23.1 Å². The van der Waals surface area contributed by atoms with Gasteiger partial charge < -0.3 is 10.2 Å². The highest BCUT2D eigenvalue weighted by molar-refractivity contribution is 6.35. The van der Waals surface area contributed by atoms with Gasteiger partial charge in [0.05, 0.1) is 10.8 Å². The molecule has 7 heteroatoms. The molecule has 1 aliphatic carbocycles. The van der Waals surface area contributed by atoms with Crippen LogP contribution in [0.5, 0.6) is 0 Å². The third kappa shape index (κ3) is 1.95. The van der Waals surface area contributed by atoms with Gasteiger partial charge in [-0.3, -0.25) is 14.5 Å². The lowest BCUT2D eigenvalue weighted by Gasteiger charge is -2.20. The lowest BCUT2D eigenvalue weighted by atomic mass is 9.97. The third-order valence-corrected chi connectivity index (χ3v) is 5.35. The number of benzene rings is 1. The SMILES string of the molecule is O=C(O)[C@@]12CN(Cc3c(Cl)cccc3Cl)C[C@]1(C(=O)O)C2. The number of hydrogen-bond acceptors (Lipinski definition) is 3. The van der Waals surface area contributed by atoms with Gasteiger partial charge in [-0.05, 0) is 18.6 Å². The van der Waals surface area contributed by atoms with Crippen molar-refractivity contribution < 1.29 is 19.8 Å². The number of aliphatic carboxylic acids is 2. The first kappa shape index (κ1) is 14.6. The zero-order chi connectivity index (χ0) is 15.4. The van der Waals surface area contributed by atoms with Crippen LogP contribution in [0.1, 0.15) is 12.0 Å². The Hall–Kier alpha value is -1.30. The first-order chi connectivity index (χ1) is 9.82. The number of halogens is 2. The molecule has 0 bridgehead atoms. The topological polar surface area (TPSA) is 77.8 Å². The Bertz CT molecular complexity index is 602. The monoisotopic (exact) mass is 329 g/mol. The predicted octanol–water partition coefficient (Wildman–Crippen LogP) is 2.35. The molecule has 0 aromatic heterocycles. The average molecular weight is 330 g/mol. The van der Waals surface area contributed by atoms with Crippen LogP contribution in [0.15, 0.2) is 18.2 Å². The summed E-state index contributed by atoms with van der Waals surface area (Å²) in [4.78, 5) is 24.7. The van der Waals surface area contributed by atoms with Crippen molar-refractivity contribution in [2.45, 2.75) is 13.0 Å². The number of likely N-dealkylation sites (tertiary alicyclic amines) is 1. The largest absolute Gasteiger partial charge is 0.481 e. The smallest absolute Gasteiger partial charge is 0.312 e. The van der Waals surface area contributed by atoms with E-state index >= 15 is 0 Å². The number of piperidine rings is 1. The molecule has 1 saturated carbocycles.